The summed E-state index contributed by atoms with van der Waals surface area (Å²) in [6.45, 7) is 3.58. The highest BCUT2D eigenvalue weighted by atomic mass is 35.5. The fourth-order valence-electron chi connectivity index (χ4n) is 3.95. The number of piperidine rings is 1. The van der Waals surface area contributed by atoms with Crippen LogP contribution in [0.1, 0.15) is 23.7 Å². The Hall–Kier alpha value is -1.59. The Labute approximate surface area is 134 Å². The van der Waals surface area contributed by atoms with Gasteiger partial charge in [0, 0.05) is 57.1 Å². The van der Waals surface area contributed by atoms with Crippen LogP contribution in [0.15, 0.2) is 29.2 Å². The van der Waals surface area contributed by atoms with Crippen molar-refractivity contribution in [2.45, 2.75) is 25.4 Å². The highest BCUT2D eigenvalue weighted by Crippen LogP contribution is 2.35. The zero-order valence-corrected chi connectivity index (χ0v) is 13.3. The van der Waals surface area contributed by atoms with Crippen molar-refractivity contribution in [2.75, 3.05) is 13.1 Å². The molecule has 0 saturated carbocycles. The zero-order chi connectivity index (χ0) is 15.3. The van der Waals surface area contributed by atoms with E-state index in [0.29, 0.717) is 11.8 Å². The second-order valence-electron chi connectivity index (χ2n) is 6.49. The smallest absolute Gasteiger partial charge is 0.250 e. The highest BCUT2D eigenvalue weighted by molar-refractivity contribution is 6.31. The molecule has 116 valence electrons. The Kier molecular flexibility index (Phi) is 3.35. The van der Waals surface area contributed by atoms with Gasteiger partial charge in [0.1, 0.15) is 0 Å². The van der Waals surface area contributed by atoms with E-state index in [9.17, 15) is 4.79 Å². The molecule has 2 aromatic rings. The quantitative estimate of drug-likeness (QED) is 0.849. The van der Waals surface area contributed by atoms with Gasteiger partial charge in [0.05, 0.1) is 10.7 Å². The number of fused-ring (bicyclic) bond motifs is 4. The molecule has 4 heterocycles. The molecule has 1 saturated heterocycles. The zero-order valence-electron chi connectivity index (χ0n) is 12.6. The average Bonchev–Trinajstić information content (AvgIpc) is 2.78. The van der Waals surface area contributed by atoms with Crippen LogP contribution in [-0.2, 0) is 20.1 Å². The number of hydrogen-bond donors (Lipinski definition) is 0. The summed E-state index contributed by atoms with van der Waals surface area (Å²) in [5.74, 6) is 0.970. The molecule has 0 aromatic carbocycles. The lowest BCUT2D eigenvalue weighted by molar-refractivity contribution is 0.113. The maximum absolute atomic E-state index is 12.0. The monoisotopic (exact) mass is 318 g/mol. The van der Waals surface area contributed by atoms with Crippen molar-refractivity contribution in [2.24, 2.45) is 13.0 Å². The minimum absolute atomic E-state index is 0.133. The molecular formula is C16H19ClN4O. The van der Waals surface area contributed by atoms with E-state index in [1.54, 1.807) is 10.7 Å². The number of likely N-dealkylation sites (tertiary alicyclic amines) is 1. The molecule has 0 spiro atoms. The van der Waals surface area contributed by atoms with E-state index in [2.05, 4.69) is 16.1 Å². The summed E-state index contributed by atoms with van der Waals surface area (Å²) in [5.41, 5.74) is 2.25. The van der Waals surface area contributed by atoms with Crippen molar-refractivity contribution in [3.8, 4) is 0 Å². The van der Waals surface area contributed by atoms with Gasteiger partial charge in [-0.2, -0.15) is 5.10 Å². The predicted molar refractivity (Wildman–Crippen MR) is 85.0 cm³/mol. The lowest BCUT2D eigenvalue weighted by Gasteiger charge is -2.42. The molecule has 2 aliphatic heterocycles. The molecule has 2 atom stereocenters. The van der Waals surface area contributed by atoms with Crippen molar-refractivity contribution in [3.05, 3.63) is 51.2 Å². The molecule has 22 heavy (non-hydrogen) atoms. The minimum atomic E-state index is 0.133. The molecular weight excluding hydrogens is 300 g/mol. The van der Waals surface area contributed by atoms with Crippen LogP contribution >= 0.6 is 11.6 Å². The van der Waals surface area contributed by atoms with Crippen LogP contribution < -0.4 is 5.56 Å². The molecule has 2 bridgehead atoms. The summed E-state index contributed by atoms with van der Waals surface area (Å²) in [6, 6.07) is 5.64. The third-order valence-corrected chi connectivity index (χ3v) is 5.10. The predicted octanol–water partition coefficient (Wildman–Crippen LogP) is 1.85. The van der Waals surface area contributed by atoms with Gasteiger partial charge in [0.15, 0.2) is 0 Å². The number of nitrogens with zero attached hydrogens (tertiary/aromatic N) is 4. The van der Waals surface area contributed by atoms with Gasteiger partial charge in [-0.05, 0) is 18.4 Å². The van der Waals surface area contributed by atoms with Crippen LogP contribution in [0.5, 0.6) is 0 Å². The van der Waals surface area contributed by atoms with Crippen LogP contribution in [0, 0.1) is 5.92 Å². The molecule has 4 rings (SSSR count). The lowest BCUT2D eigenvalue weighted by Crippen LogP contribution is -2.46. The molecule has 2 aromatic heterocycles. The van der Waals surface area contributed by atoms with Crippen LogP contribution in [0.4, 0.5) is 0 Å². The van der Waals surface area contributed by atoms with Crippen LogP contribution in [0.2, 0.25) is 5.02 Å². The normalized spacial score (nSPS) is 24.3. The summed E-state index contributed by atoms with van der Waals surface area (Å²) in [6.07, 6.45) is 3.02. The first-order valence-electron chi connectivity index (χ1n) is 7.70. The third kappa shape index (κ3) is 2.38. The number of pyridine rings is 1. The topological polar surface area (TPSA) is 43.1 Å². The van der Waals surface area contributed by atoms with E-state index in [0.717, 1.165) is 36.9 Å². The Morgan fingerprint density at radius 1 is 1.32 bits per heavy atom. The standard InChI is InChI=1S/C16H19ClN4O/c1-19-9-13(17)14(18-19)10-20-6-11-5-12(8-20)15-3-2-4-16(22)21(15)7-11/h2-4,9,11-12H,5-8,10H2,1H3/t11-,12+/m0/s1. The molecule has 0 amide bonds. The summed E-state index contributed by atoms with van der Waals surface area (Å²) in [5, 5.41) is 5.18. The van der Waals surface area contributed by atoms with Crippen molar-refractivity contribution in [1.82, 2.24) is 19.2 Å². The molecule has 6 heteroatoms. The van der Waals surface area contributed by atoms with E-state index in [4.69, 9.17) is 11.6 Å². The lowest BCUT2D eigenvalue weighted by atomic mass is 9.83. The molecule has 1 fully saturated rings. The number of hydrogen-bond acceptors (Lipinski definition) is 3. The second kappa shape index (κ2) is 5.25. The second-order valence-corrected chi connectivity index (χ2v) is 6.90. The maximum atomic E-state index is 12.0. The maximum Gasteiger partial charge on any atom is 0.250 e. The molecule has 0 unspecified atom stereocenters. The van der Waals surface area contributed by atoms with Gasteiger partial charge in [0.2, 0.25) is 0 Å². The minimum Gasteiger partial charge on any atom is -0.312 e. The molecule has 0 radical (unpaired) electrons. The Bertz CT molecular complexity index is 766. The van der Waals surface area contributed by atoms with E-state index in [1.165, 1.54) is 12.1 Å². The number of rotatable bonds is 2. The van der Waals surface area contributed by atoms with E-state index >= 15 is 0 Å². The summed E-state index contributed by atoms with van der Waals surface area (Å²) >= 11 is 6.23. The Morgan fingerprint density at radius 2 is 2.18 bits per heavy atom. The van der Waals surface area contributed by atoms with Gasteiger partial charge in [-0.3, -0.25) is 14.4 Å². The van der Waals surface area contributed by atoms with Gasteiger partial charge in [-0.15, -0.1) is 0 Å². The number of aryl methyl sites for hydroxylation is 1. The van der Waals surface area contributed by atoms with E-state index in [1.807, 2.05) is 23.9 Å². The highest BCUT2D eigenvalue weighted by Gasteiger charge is 2.34. The fraction of sp³-hybridized carbons (Fsp3) is 0.500. The SMILES string of the molecule is Cn1cc(Cl)c(CN2C[C@@H]3C[C@H](C2)c2cccc(=O)n2C3)n1. The third-order valence-electron chi connectivity index (χ3n) is 4.78. The largest absolute Gasteiger partial charge is 0.312 e. The first-order chi connectivity index (χ1) is 10.6. The summed E-state index contributed by atoms with van der Waals surface area (Å²) < 4.78 is 3.72. The Balaban J connectivity index is 1.58. The van der Waals surface area contributed by atoms with Gasteiger partial charge in [-0.1, -0.05) is 17.7 Å². The van der Waals surface area contributed by atoms with Crippen molar-refractivity contribution in [3.63, 3.8) is 0 Å². The molecule has 5 nitrogen and oxygen atoms in total. The molecule has 0 aliphatic carbocycles. The molecule has 2 aliphatic rings. The van der Waals surface area contributed by atoms with Crippen molar-refractivity contribution in [1.29, 1.82) is 0 Å². The van der Waals surface area contributed by atoms with Gasteiger partial charge in [0.25, 0.3) is 5.56 Å². The van der Waals surface area contributed by atoms with Gasteiger partial charge in [-0.25, -0.2) is 0 Å². The van der Waals surface area contributed by atoms with Crippen molar-refractivity contribution >= 4 is 11.6 Å². The van der Waals surface area contributed by atoms with Crippen molar-refractivity contribution < 1.29 is 0 Å². The average molecular weight is 319 g/mol. The first-order valence-corrected chi connectivity index (χ1v) is 8.08. The van der Waals surface area contributed by atoms with Crippen LogP contribution in [-0.4, -0.2) is 32.3 Å². The van der Waals surface area contributed by atoms with E-state index < -0.39 is 0 Å². The molecule has 0 N–H and O–H groups in total. The number of aromatic nitrogens is 3. The summed E-state index contributed by atoms with van der Waals surface area (Å²) in [7, 11) is 1.89. The van der Waals surface area contributed by atoms with E-state index in [-0.39, 0.29) is 5.56 Å². The van der Waals surface area contributed by atoms with Crippen LogP contribution in [0.25, 0.3) is 0 Å². The van der Waals surface area contributed by atoms with Crippen LogP contribution in [0.3, 0.4) is 0 Å². The number of halogens is 1. The van der Waals surface area contributed by atoms with Gasteiger partial charge < -0.3 is 4.57 Å². The fourth-order valence-corrected chi connectivity index (χ4v) is 4.19. The first kappa shape index (κ1) is 14.0. The van der Waals surface area contributed by atoms with Gasteiger partial charge >= 0.3 is 0 Å². The summed E-state index contributed by atoms with van der Waals surface area (Å²) in [4.78, 5) is 14.5. The Morgan fingerprint density at radius 3 is 2.95 bits per heavy atom.